The van der Waals surface area contributed by atoms with Gasteiger partial charge in [0.15, 0.2) is 6.20 Å². The summed E-state index contributed by atoms with van der Waals surface area (Å²) >= 11 is 0. The SMILES string of the molecule is [C-]#[N+]/C=C(\C)C(=O)NC. The van der Waals surface area contributed by atoms with Crippen molar-refractivity contribution in [3.63, 3.8) is 0 Å². The molecular weight excluding hydrogens is 116 g/mol. The number of amides is 1. The fourth-order valence-corrected chi connectivity index (χ4v) is 0.353. The van der Waals surface area contributed by atoms with Crippen molar-refractivity contribution in [3.05, 3.63) is 23.2 Å². The number of hydrogen-bond donors (Lipinski definition) is 1. The molecule has 0 rings (SSSR count). The molecule has 1 amide bonds. The summed E-state index contributed by atoms with van der Waals surface area (Å²) in [6, 6.07) is 0. The molecule has 48 valence electrons. The van der Waals surface area contributed by atoms with Crippen molar-refractivity contribution in [2.75, 3.05) is 7.05 Å². The highest BCUT2D eigenvalue weighted by Gasteiger charge is 1.96. The third-order valence-corrected chi connectivity index (χ3v) is 0.843. The van der Waals surface area contributed by atoms with Gasteiger partial charge in [-0.1, -0.05) is 0 Å². The first-order valence-corrected chi connectivity index (χ1v) is 2.47. The highest BCUT2D eigenvalue weighted by Crippen LogP contribution is 1.90. The predicted octanol–water partition coefficient (Wildman–Crippen LogP) is 0.555. The zero-order valence-electron chi connectivity index (χ0n) is 5.43. The number of likely N-dealkylation sites (N-methyl/N-ethyl adjacent to an activating group) is 1. The van der Waals surface area contributed by atoms with Gasteiger partial charge in [-0.25, -0.2) is 4.85 Å². The second kappa shape index (κ2) is 3.67. The summed E-state index contributed by atoms with van der Waals surface area (Å²) in [6.45, 7) is 7.96. The largest absolute Gasteiger partial charge is 0.356 e. The van der Waals surface area contributed by atoms with E-state index in [0.29, 0.717) is 5.57 Å². The van der Waals surface area contributed by atoms with E-state index in [1.807, 2.05) is 0 Å². The van der Waals surface area contributed by atoms with E-state index in [9.17, 15) is 4.79 Å². The standard InChI is InChI=1S/C6H8N2O/c1-5(4-7-2)6(9)8-3/h4H,1,3H3,(H,8,9)/b5-4+. The fraction of sp³-hybridized carbons (Fsp3) is 0.333. The number of nitrogens with one attached hydrogen (secondary N) is 1. The second-order valence-corrected chi connectivity index (χ2v) is 1.52. The van der Waals surface area contributed by atoms with Crippen molar-refractivity contribution in [1.29, 1.82) is 0 Å². The molecule has 0 heterocycles. The smallest absolute Gasteiger partial charge is 0.235 e. The van der Waals surface area contributed by atoms with Gasteiger partial charge in [-0.15, -0.1) is 0 Å². The minimum absolute atomic E-state index is 0.203. The van der Waals surface area contributed by atoms with Crippen molar-refractivity contribution in [2.45, 2.75) is 6.92 Å². The Kier molecular flexibility index (Phi) is 3.14. The first-order valence-electron chi connectivity index (χ1n) is 2.47. The van der Waals surface area contributed by atoms with Crippen LogP contribution in [0.25, 0.3) is 4.85 Å². The van der Waals surface area contributed by atoms with Gasteiger partial charge >= 0.3 is 0 Å². The number of hydrogen-bond acceptors (Lipinski definition) is 1. The third kappa shape index (κ3) is 2.50. The molecule has 0 fully saturated rings. The molecule has 3 nitrogen and oxygen atoms in total. The molecule has 0 aromatic carbocycles. The Morgan fingerprint density at radius 3 is 2.67 bits per heavy atom. The molecule has 0 atom stereocenters. The van der Waals surface area contributed by atoms with Crippen molar-refractivity contribution >= 4 is 5.91 Å². The Hall–Kier alpha value is -1.30. The number of carbonyl (C=O) groups is 1. The maximum absolute atomic E-state index is 10.6. The molecule has 0 aromatic heterocycles. The minimum Gasteiger partial charge on any atom is -0.356 e. The molecule has 0 radical (unpaired) electrons. The van der Waals surface area contributed by atoms with Crippen molar-refractivity contribution in [2.24, 2.45) is 0 Å². The van der Waals surface area contributed by atoms with E-state index in [4.69, 9.17) is 6.57 Å². The molecule has 0 saturated carbocycles. The highest BCUT2D eigenvalue weighted by atomic mass is 16.1. The van der Waals surface area contributed by atoms with Crippen LogP contribution >= 0.6 is 0 Å². The van der Waals surface area contributed by atoms with Crippen LogP contribution in [-0.4, -0.2) is 13.0 Å². The van der Waals surface area contributed by atoms with Gasteiger partial charge in [-0.2, -0.15) is 0 Å². The topological polar surface area (TPSA) is 33.5 Å². The van der Waals surface area contributed by atoms with Crippen LogP contribution < -0.4 is 5.32 Å². The maximum Gasteiger partial charge on any atom is 0.235 e. The van der Waals surface area contributed by atoms with Gasteiger partial charge in [0.2, 0.25) is 5.91 Å². The van der Waals surface area contributed by atoms with Crippen LogP contribution in [-0.2, 0) is 4.79 Å². The van der Waals surface area contributed by atoms with E-state index in [-0.39, 0.29) is 5.91 Å². The summed E-state index contributed by atoms with van der Waals surface area (Å²) in [5.74, 6) is -0.203. The molecule has 0 aliphatic rings. The Morgan fingerprint density at radius 2 is 2.33 bits per heavy atom. The highest BCUT2D eigenvalue weighted by molar-refractivity contribution is 5.92. The van der Waals surface area contributed by atoms with Crippen LogP contribution in [0.4, 0.5) is 0 Å². The lowest BCUT2D eigenvalue weighted by Crippen LogP contribution is -2.18. The van der Waals surface area contributed by atoms with Gasteiger partial charge in [0.05, 0.1) is 6.57 Å². The zero-order chi connectivity index (χ0) is 7.28. The van der Waals surface area contributed by atoms with E-state index in [0.717, 1.165) is 0 Å². The van der Waals surface area contributed by atoms with Crippen LogP contribution in [0.3, 0.4) is 0 Å². The molecule has 0 spiro atoms. The van der Waals surface area contributed by atoms with Crippen LogP contribution in [0.2, 0.25) is 0 Å². The molecule has 0 aromatic rings. The Labute approximate surface area is 54.2 Å². The van der Waals surface area contributed by atoms with Crippen LogP contribution in [0.1, 0.15) is 6.92 Å². The molecule has 1 N–H and O–H groups in total. The Balaban J connectivity index is 4.07. The fourth-order valence-electron chi connectivity index (χ4n) is 0.353. The normalized spacial score (nSPS) is 10.1. The van der Waals surface area contributed by atoms with Crippen LogP contribution in [0, 0.1) is 6.57 Å². The lowest BCUT2D eigenvalue weighted by molar-refractivity contribution is -0.116. The van der Waals surface area contributed by atoms with E-state index in [1.54, 1.807) is 6.92 Å². The van der Waals surface area contributed by atoms with Crippen LogP contribution in [0.15, 0.2) is 11.8 Å². The average molecular weight is 124 g/mol. The Morgan fingerprint density at radius 1 is 1.78 bits per heavy atom. The van der Waals surface area contributed by atoms with E-state index < -0.39 is 0 Å². The first-order chi connectivity index (χ1) is 4.22. The number of carbonyl (C=O) groups excluding carboxylic acids is 1. The summed E-state index contributed by atoms with van der Waals surface area (Å²) < 4.78 is 0. The van der Waals surface area contributed by atoms with Gasteiger partial charge in [-0.3, -0.25) is 4.79 Å². The quantitative estimate of drug-likeness (QED) is 0.402. The van der Waals surface area contributed by atoms with Crippen LogP contribution in [0.5, 0.6) is 0 Å². The lowest BCUT2D eigenvalue weighted by Gasteiger charge is -1.94. The average Bonchev–Trinajstić information content (AvgIpc) is 1.87. The molecule has 0 aliphatic heterocycles. The monoisotopic (exact) mass is 124 g/mol. The van der Waals surface area contributed by atoms with E-state index in [1.165, 1.54) is 13.2 Å². The summed E-state index contributed by atoms with van der Waals surface area (Å²) in [5, 5.41) is 2.40. The molecule has 0 saturated heterocycles. The lowest BCUT2D eigenvalue weighted by atomic mass is 10.3. The molecular formula is C6H8N2O. The van der Waals surface area contributed by atoms with Gasteiger partial charge in [-0.05, 0) is 6.92 Å². The van der Waals surface area contributed by atoms with E-state index >= 15 is 0 Å². The van der Waals surface area contributed by atoms with E-state index in [2.05, 4.69) is 10.2 Å². The minimum atomic E-state index is -0.203. The summed E-state index contributed by atoms with van der Waals surface area (Å²) in [5.41, 5.74) is 0.438. The molecule has 0 unspecified atom stereocenters. The third-order valence-electron chi connectivity index (χ3n) is 0.843. The maximum atomic E-state index is 10.6. The number of nitrogens with zero attached hydrogens (tertiary/aromatic N) is 1. The van der Waals surface area contributed by atoms with Gasteiger partial charge in [0.1, 0.15) is 0 Å². The predicted molar refractivity (Wildman–Crippen MR) is 34.4 cm³/mol. The van der Waals surface area contributed by atoms with Gasteiger partial charge in [0, 0.05) is 12.6 Å². The summed E-state index contributed by atoms with van der Waals surface area (Å²) in [7, 11) is 1.53. The zero-order valence-corrected chi connectivity index (χ0v) is 5.43. The molecule has 0 aliphatic carbocycles. The second-order valence-electron chi connectivity index (χ2n) is 1.52. The summed E-state index contributed by atoms with van der Waals surface area (Å²) in [6.07, 6.45) is 1.19. The summed E-state index contributed by atoms with van der Waals surface area (Å²) in [4.78, 5) is 13.5. The van der Waals surface area contributed by atoms with Gasteiger partial charge < -0.3 is 5.32 Å². The van der Waals surface area contributed by atoms with Crippen molar-refractivity contribution in [3.8, 4) is 0 Å². The number of rotatable bonds is 1. The van der Waals surface area contributed by atoms with Crippen molar-refractivity contribution in [1.82, 2.24) is 5.32 Å². The van der Waals surface area contributed by atoms with Crippen molar-refractivity contribution < 1.29 is 4.79 Å². The molecule has 3 heteroatoms. The first kappa shape index (κ1) is 7.70. The molecule has 9 heavy (non-hydrogen) atoms. The Bertz CT molecular complexity index is 176. The van der Waals surface area contributed by atoms with Gasteiger partial charge in [0.25, 0.3) is 0 Å². The molecule has 0 bridgehead atoms.